The first-order valence-electron chi connectivity index (χ1n) is 5.39. The van der Waals surface area contributed by atoms with Crippen LogP contribution in [0.25, 0.3) is 0 Å². The molecule has 19 heavy (non-hydrogen) atoms. The molecule has 0 atom stereocenters. The summed E-state index contributed by atoms with van der Waals surface area (Å²) in [4.78, 5) is 16.1. The number of halogens is 2. The van der Waals surface area contributed by atoms with E-state index in [4.69, 9.17) is 11.6 Å². The molecule has 0 unspecified atom stereocenters. The van der Waals surface area contributed by atoms with E-state index in [0.29, 0.717) is 11.4 Å². The van der Waals surface area contributed by atoms with Crippen molar-refractivity contribution in [2.45, 2.75) is 6.92 Å². The molecule has 0 aliphatic rings. The summed E-state index contributed by atoms with van der Waals surface area (Å²) in [5.41, 5.74) is 1.32. The van der Waals surface area contributed by atoms with Crippen molar-refractivity contribution in [2.24, 2.45) is 0 Å². The molecule has 0 aliphatic heterocycles. The Kier molecular flexibility index (Phi) is 4.07. The lowest BCUT2D eigenvalue weighted by Crippen LogP contribution is -2.13. The van der Waals surface area contributed by atoms with Crippen LogP contribution < -0.4 is 5.32 Å². The maximum absolute atomic E-state index is 12.0. The van der Waals surface area contributed by atoms with Crippen LogP contribution in [0.2, 0.25) is 5.02 Å². The Labute approximate surface area is 123 Å². The lowest BCUT2D eigenvalue weighted by Gasteiger charge is -2.07. The molecular weight excluding hydrogens is 332 g/mol. The van der Waals surface area contributed by atoms with Gasteiger partial charge in [0, 0.05) is 16.2 Å². The summed E-state index contributed by atoms with van der Waals surface area (Å²) >= 11 is 9.09. The van der Waals surface area contributed by atoms with Gasteiger partial charge in [-0.15, -0.1) is 0 Å². The molecule has 0 aliphatic carbocycles. The maximum Gasteiger partial charge on any atom is 0.256 e. The summed E-state index contributed by atoms with van der Waals surface area (Å²) in [6, 6.07) is 6.02. The average Bonchev–Trinajstić information content (AvgIpc) is 2.37. The van der Waals surface area contributed by atoms with Gasteiger partial charge in [-0.1, -0.05) is 11.6 Å². The van der Waals surface area contributed by atoms with Crippen molar-refractivity contribution in [3.8, 4) is 5.75 Å². The van der Waals surface area contributed by atoms with Crippen LogP contribution in [0.4, 0.5) is 5.82 Å². The first kappa shape index (κ1) is 13.8. The zero-order valence-electron chi connectivity index (χ0n) is 9.95. The molecule has 0 saturated carbocycles. The van der Waals surface area contributed by atoms with Crippen LogP contribution in [0.5, 0.6) is 5.75 Å². The zero-order valence-corrected chi connectivity index (χ0v) is 12.3. The second kappa shape index (κ2) is 5.59. The molecule has 2 aromatic rings. The molecule has 98 valence electrons. The van der Waals surface area contributed by atoms with E-state index in [1.165, 1.54) is 18.2 Å². The van der Waals surface area contributed by atoms with Gasteiger partial charge >= 0.3 is 0 Å². The van der Waals surface area contributed by atoms with Gasteiger partial charge < -0.3 is 10.4 Å². The zero-order chi connectivity index (χ0) is 14.0. The minimum absolute atomic E-state index is 0.0594. The largest absolute Gasteiger partial charge is 0.506 e. The number of anilines is 1. The Hall–Kier alpha value is -1.59. The van der Waals surface area contributed by atoms with Crippen molar-refractivity contribution in [2.75, 3.05) is 5.32 Å². The molecule has 0 radical (unpaired) electrons. The average molecular weight is 342 g/mol. The number of amides is 1. The number of hydrogen-bond donors (Lipinski definition) is 2. The third-order valence-electron chi connectivity index (χ3n) is 2.50. The first-order chi connectivity index (χ1) is 8.97. The minimum atomic E-state index is -0.337. The predicted molar refractivity (Wildman–Crippen MR) is 77.7 cm³/mol. The fourth-order valence-corrected chi connectivity index (χ4v) is 1.84. The Morgan fingerprint density at radius 2 is 2.16 bits per heavy atom. The molecule has 2 N–H and O–H groups in total. The molecule has 1 aromatic carbocycles. The number of carbonyl (C=O) groups is 1. The van der Waals surface area contributed by atoms with Gasteiger partial charge in [0.15, 0.2) is 0 Å². The van der Waals surface area contributed by atoms with Crippen molar-refractivity contribution < 1.29 is 9.90 Å². The molecule has 4 nitrogen and oxygen atoms in total. The highest BCUT2D eigenvalue weighted by atomic mass is 79.9. The highest BCUT2D eigenvalue weighted by Crippen LogP contribution is 2.24. The lowest BCUT2D eigenvalue weighted by molar-refractivity contribution is 0.102. The van der Waals surface area contributed by atoms with Crippen LogP contribution in [0, 0.1) is 6.92 Å². The minimum Gasteiger partial charge on any atom is -0.506 e. The van der Waals surface area contributed by atoms with Gasteiger partial charge in [0.05, 0.1) is 5.02 Å². The Balaban J connectivity index is 2.20. The first-order valence-corrected chi connectivity index (χ1v) is 6.56. The summed E-state index contributed by atoms with van der Waals surface area (Å²) in [6.45, 7) is 1.90. The van der Waals surface area contributed by atoms with E-state index in [1.807, 2.05) is 6.92 Å². The van der Waals surface area contributed by atoms with Gasteiger partial charge in [0.1, 0.15) is 11.6 Å². The van der Waals surface area contributed by atoms with Crippen molar-refractivity contribution in [1.29, 1.82) is 0 Å². The summed E-state index contributed by atoms with van der Waals surface area (Å²) in [5.74, 6) is 0.0573. The van der Waals surface area contributed by atoms with Crippen LogP contribution in [0.3, 0.4) is 0 Å². The lowest BCUT2D eigenvalue weighted by atomic mass is 10.2. The molecule has 0 bridgehead atoms. The summed E-state index contributed by atoms with van der Waals surface area (Å²) in [5, 5.41) is 12.1. The van der Waals surface area contributed by atoms with E-state index in [2.05, 4.69) is 26.2 Å². The van der Waals surface area contributed by atoms with Gasteiger partial charge in [0.2, 0.25) is 0 Å². The fourth-order valence-electron chi connectivity index (χ4n) is 1.44. The van der Waals surface area contributed by atoms with Gasteiger partial charge in [-0.3, -0.25) is 4.79 Å². The number of nitrogens with one attached hydrogen (secondary N) is 1. The topological polar surface area (TPSA) is 62.2 Å². The second-order valence-electron chi connectivity index (χ2n) is 3.94. The third-order valence-corrected chi connectivity index (χ3v) is 3.63. The summed E-state index contributed by atoms with van der Waals surface area (Å²) < 4.78 is 0.873. The van der Waals surface area contributed by atoms with Crippen molar-refractivity contribution >= 4 is 39.3 Å². The van der Waals surface area contributed by atoms with Gasteiger partial charge in [-0.25, -0.2) is 4.98 Å². The van der Waals surface area contributed by atoms with Gasteiger partial charge in [0.25, 0.3) is 5.91 Å². The van der Waals surface area contributed by atoms with E-state index < -0.39 is 0 Å². The van der Waals surface area contributed by atoms with Crippen LogP contribution in [-0.4, -0.2) is 16.0 Å². The van der Waals surface area contributed by atoms with Gasteiger partial charge in [-0.05, 0) is 52.7 Å². The number of pyridine rings is 1. The number of nitrogens with zero attached hydrogens (tertiary/aromatic N) is 1. The predicted octanol–water partition coefficient (Wildman–Crippen LogP) is 3.76. The SMILES string of the molecule is Cc1cc(NC(=O)c2ccc(O)c(Cl)c2)ncc1Br. The molecule has 2 rings (SSSR count). The van der Waals surface area contributed by atoms with Gasteiger partial charge in [-0.2, -0.15) is 0 Å². The number of hydrogen-bond acceptors (Lipinski definition) is 3. The van der Waals surface area contributed by atoms with Crippen LogP contribution in [0.15, 0.2) is 34.9 Å². The number of rotatable bonds is 2. The van der Waals surface area contributed by atoms with Crippen LogP contribution in [-0.2, 0) is 0 Å². The molecule has 0 saturated heterocycles. The van der Waals surface area contributed by atoms with E-state index >= 15 is 0 Å². The fraction of sp³-hybridized carbons (Fsp3) is 0.0769. The molecule has 1 amide bonds. The molecule has 0 fully saturated rings. The number of aromatic nitrogens is 1. The van der Waals surface area contributed by atoms with E-state index in [1.54, 1.807) is 12.3 Å². The number of aryl methyl sites for hydroxylation is 1. The normalized spacial score (nSPS) is 10.3. The third kappa shape index (κ3) is 3.24. The highest BCUT2D eigenvalue weighted by molar-refractivity contribution is 9.10. The highest BCUT2D eigenvalue weighted by Gasteiger charge is 2.09. The van der Waals surface area contributed by atoms with Crippen molar-refractivity contribution in [3.05, 3.63) is 51.1 Å². The number of phenols is 1. The smallest absolute Gasteiger partial charge is 0.256 e. The number of phenolic OH excluding ortho intramolecular Hbond substituents is 1. The van der Waals surface area contributed by atoms with E-state index in [9.17, 15) is 9.90 Å². The molecule has 0 spiro atoms. The second-order valence-corrected chi connectivity index (χ2v) is 5.20. The van der Waals surface area contributed by atoms with Crippen molar-refractivity contribution in [1.82, 2.24) is 4.98 Å². The van der Waals surface area contributed by atoms with Crippen molar-refractivity contribution in [3.63, 3.8) is 0 Å². The monoisotopic (exact) mass is 340 g/mol. The summed E-state index contributed by atoms with van der Waals surface area (Å²) in [7, 11) is 0. The summed E-state index contributed by atoms with van der Waals surface area (Å²) in [6.07, 6.45) is 1.62. The number of aromatic hydroxyl groups is 1. The Morgan fingerprint density at radius 1 is 1.42 bits per heavy atom. The Morgan fingerprint density at radius 3 is 2.79 bits per heavy atom. The van der Waals surface area contributed by atoms with E-state index in [0.717, 1.165) is 10.0 Å². The number of carbonyl (C=O) groups excluding carboxylic acids is 1. The standard InChI is InChI=1S/C13H10BrClN2O2/c1-7-4-12(16-6-9(7)14)17-13(19)8-2-3-11(18)10(15)5-8/h2-6,18H,1H3,(H,16,17,19). The molecule has 1 aromatic heterocycles. The molecular formula is C13H10BrClN2O2. The maximum atomic E-state index is 12.0. The molecule has 6 heteroatoms. The van der Waals surface area contributed by atoms with E-state index in [-0.39, 0.29) is 16.7 Å². The quantitative estimate of drug-likeness (QED) is 0.874. The van der Waals surface area contributed by atoms with Crippen LogP contribution in [0.1, 0.15) is 15.9 Å². The number of benzene rings is 1. The Bertz CT molecular complexity index is 647. The molecule has 1 heterocycles. The van der Waals surface area contributed by atoms with Crippen LogP contribution >= 0.6 is 27.5 Å².